The molecule has 1 amide bonds. The van der Waals surface area contributed by atoms with Crippen molar-refractivity contribution in [2.75, 3.05) is 33.0 Å². The average molecular weight is 443 g/mol. The Hall–Kier alpha value is -2.68. The fourth-order valence-corrected chi connectivity index (χ4v) is 3.95. The van der Waals surface area contributed by atoms with E-state index in [9.17, 15) is 9.59 Å². The number of aliphatic hydroxyl groups is 1. The predicted octanol–water partition coefficient (Wildman–Crippen LogP) is 2.57. The molecule has 2 N–H and O–H groups in total. The number of nitrogens with zero attached hydrogens (tertiary/aromatic N) is 1. The van der Waals surface area contributed by atoms with Gasteiger partial charge in [0, 0.05) is 37.4 Å². The van der Waals surface area contributed by atoms with E-state index in [1.54, 1.807) is 4.57 Å². The summed E-state index contributed by atoms with van der Waals surface area (Å²) in [6.07, 6.45) is 5.85. The molecule has 2 aromatic rings. The van der Waals surface area contributed by atoms with Crippen LogP contribution in [0.1, 0.15) is 42.5 Å². The van der Waals surface area contributed by atoms with E-state index in [0.29, 0.717) is 25.5 Å². The van der Waals surface area contributed by atoms with E-state index in [4.69, 9.17) is 19.3 Å². The predicted molar refractivity (Wildman–Crippen MR) is 118 cm³/mol. The molecule has 1 fully saturated rings. The van der Waals surface area contributed by atoms with Crippen LogP contribution in [-0.2, 0) is 19.0 Å². The second-order valence-electron chi connectivity index (χ2n) is 8.27. The summed E-state index contributed by atoms with van der Waals surface area (Å²) in [6, 6.07) is 7.74. The van der Waals surface area contributed by atoms with Gasteiger partial charge >= 0.3 is 0 Å². The number of aromatic nitrogens is 1. The van der Waals surface area contributed by atoms with E-state index in [2.05, 4.69) is 5.32 Å². The van der Waals surface area contributed by atoms with Gasteiger partial charge in [-0.15, -0.1) is 0 Å². The molecule has 0 saturated heterocycles. The molecule has 0 radical (unpaired) electrons. The zero-order valence-corrected chi connectivity index (χ0v) is 18.3. The van der Waals surface area contributed by atoms with Gasteiger partial charge in [-0.2, -0.15) is 0 Å². The molecule has 1 aromatic heterocycles. The first-order valence-electron chi connectivity index (χ1n) is 11.1. The highest BCUT2D eigenvalue weighted by Crippen LogP contribution is 2.36. The summed E-state index contributed by atoms with van der Waals surface area (Å²) in [6.45, 7) is 2.98. The van der Waals surface area contributed by atoms with Gasteiger partial charge in [-0.25, -0.2) is 0 Å². The van der Waals surface area contributed by atoms with Gasteiger partial charge in [-0.05, 0) is 36.5 Å². The summed E-state index contributed by atoms with van der Waals surface area (Å²) in [5.41, 5.74) is 1.79. The van der Waals surface area contributed by atoms with Crippen molar-refractivity contribution in [3.8, 4) is 0 Å². The number of rotatable bonds is 10. The molecule has 0 bridgehead atoms. The summed E-state index contributed by atoms with van der Waals surface area (Å²) in [4.78, 5) is 25.0. The van der Waals surface area contributed by atoms with E-state index in [0.717, 1.165) is 29.3 Å². The number of benzene rings is 1. The first kappa shape index (κ1) is 22.5. The van der Waals surface area contributed by atoms with Crippen LogP contribution in [-0.4, -0.2) is 60.8 Å². The minimum absolute atomic E-state index is 0.0454. The maximum atomic E-state index is 12.8. The van der Waals surface area contributed by atoms with Crippen molar-refractivity contribution in [3.05, 3.63) is 47.9 Å². The van der Waals surface area contributed by atoms with Gasteiger partial charge in [0.1, 0.15) is 0 Å². The molecular weight excluding hydrogens is 412 g/mol. The molecule has 4 rings (SSSR count). The number of aliphatic hydroxyl groups excluding tert-OH is 1. The van der Waals surface area contributed by atoms with Crippen LogP contribution < -0.4 is 5.32 Å². The lowest BCUT2D eigenvalue weighted by Gasteiger charge is -2.29. The molecule has 0 unspecified atom stereocenters. The van der Waals surface area contributed by atoms with Gasteiger partial charge in [0.2, 0.25) is 12.2 Å². The van der Waals surface area contributed by atoms with Gasteiger partial charge in [-0.3, -0.25) is 14.2 Å². The molecule has 172 valence electrons. The molecular formula is C24H30N2O6. The standard InChI is InChI=1S/C24H30N2O6/c1-16(28)26-15-20(19-4-2-3-5-21(19)26)18-12-22(24(29)25-14-17-6-7-17)32-23(13-18)31-11-10-30-9-8-27/h2-5,12,15,17-18,23,27H,6-11,13-14H2,1H3,(H,25,29)/t18-,23+/m0/s1. The Kier molecular flexibility index (Phi) is 7.24. The number of nitrogens with one attached hydrogen (secondary N) is 1. The van der Waals surface area contributed by atoms with Crippen molar-refractivity contribution in [1.29, 1.82) is 0 Å². The molecule has 32 heavy (non-hydrogen) atoms. The van der Waals surface area contributed by atoms with Crippen LogP contribution in [0.4, 0.5) is 0 Å². The topological polar surface area (TPSA) is 99.0 Å². The summed E-state index contributed by atoms with van der Waals surface area (Å²) in [5.74, 6) is 0.326. The fraction of sp³-hybridized carbons (Fsp3) is 0.500. The number of hydrogen-bond acceptors (Lipinski definition) is 6. The molecule has 1 aliphatic carbocycles. The number of amides is 1. The first-order valence-corrected chi connectivity index (χ1v) is 11.1. The number of carbonyl (C=O) groups excluding carboxylic acids is 2. The van der Waals surface area contributed by atoms with E-state index in [1.165, 1.54) is 6.92 Å². The van der Waals surface area contributed by atoms with Crippen molar-refractivity contribution < 1.29 is 28.9 Å². The number of hydrogen-bond donors (Lipinski definition) is 2. The lowest BCUT2D eigenvalue weighted by Crippen LogP contribution is -2.34. The summed E-state index contributed by atoms with van der Waals surface area (Å²) < 4.78 is 18.6. The Bertz CT molecular complexity index is 994. The lowest BCUT2D eigenvalue weighted by atomic mass is 9.92. The van der Waals surface area contributed by atoms with Crippen LogP contribution >= 0.6 is 0 Å². The highest BCUT2D eigenvalue weighted by atomic mass is 16.7. The highest BCUT2D eigenvalue weighted by molar-refractivity contribution is 5.95. The molecule has 2 aliphatic rings. The van der Waals surface area contributed by atoms with E-state index >= 15 is 0 Å². The molecule has 8 nitrogen and oxygen atoms in total. The summed E-state index contributed by atoms with van der Waals surface area (Å²) in [5, 5.41) is 12.7. The van der Waals surface area contributed by atoms with Crippen LogP contribution in [0.15, 0.2) is 42.3 Å². The van der Waals surface area contributed by atoms with Gasteiger partial charge in [-0.1, -0.05) is 18.2 Å². The minimum atomic E-state index is -0.621. The SMILES string of the molecule is CC(=O)n1cc([C@H]2C=C(C(=O)NCC3CC3)O[C@@H](OCCOCCO)C2)c2ccccc21. The van der Waals surface area contributed by atoms with E-state index in [1.807, 2.05) is 36.5 Å². The van der Waals surface area contributed by atoms with E-state index in [-0.39, 0.29) is 43.3 Å². The second-order valence-corrected chi connectivity index (χ2v) is 8.27. The van der Waals surface area contributed by atoms with Crippen molar-refractivity contribution in [1.82, 2.24) is 9.88 Å². The van der Waals surface area contributed by atoms with Crippen LogP contribution in [0.3, 0.4) is 0 Å². The number of allylic oxidation sites excluding steroid dienone is 1. The Morgan fingerprint density at radius 2 is 2.03 bits per heavy atom. The molecule has 0 spiro atoms. The van der Waals surface area contributed by atoms with Gasteiger partial charge in [0.15, 0.2) is 5.76 Å². The lowest BCUT2D eigenvalue weighted by molar-refractivity contribution is -0.151. The number of fused-ring (bicyclic) bond motifs is 1. The number of para-hydroxylation sites is 1. The first-order chi connectivity index (χ1) is 15.6. The fourth-order valence-electron chi connectivity index (χ4n) is 3.95. The molecule has 1 saturated carbocycles. The zero-order chi connectivity index (χ0) is 22.5. The average Bonchev–Trinajstić information content (AvgIpc) is 3.55. The van der Waals surface area contributed by atoms with E-state index < -0.39 is 6.29 Å². The molecule has 8 heteroatoms. The van der Waals surface area contributed by atoms with Crippen molar-refractivity contribution in [3.63, 3.8) is 0 Å². The van der Waals surface area contributed by atoms with Crippen LogP contribution in [0.2, 0.25) is 0 Å². The second kappa shape index (κ2) is 10.3. The third-order valence-corrected chi connectivity index (χ3v) is 5.78. The Morgan fingerprint density at radius 1 is 1.22 bits per heavy atom. The Labute approximate surface area is 187 Å². The van der Waals surface area contributed by atoms with Gasteiger partial charge in [0.05, 0.1) is 31.9 Å². The maximum absolute atomic E-state index is 12.8. The maximum Gasteiger partial charge on any atom is 0.286 e. The van der Waals surface area contributed by atoms with Crippen LogP contribution in [0, 0.1) is 5.92 Å². The van der Waals surface area contributed by atoms with Crippen molar-refractivity contribution in [2.45, 2.75) is 38.4 Å². The van der Waals surface area contributed by atoms with Crippen LogP contribution in [0.25, 0.3) is 10.9 Å². The third-order valence-electron chi connectivity index (χ3n) is 5.78. The Morgan fingerprint density at radius 3 is 2.78 bits per heavy atom. The minimum Gasteiger partial charge on any atom is -0.459 e. The van der Waals surface area contributed by atoms with Crippen molar-refractivity contribution >= 4 is 22.7 Å². The van der Waals surface area contributed by atoms with Gasteiger partial charge < -0.3 is 24.6 Å². The highest BCUT2D eigenvalue weighted by Gasteiger charge is 2.31. The van der Waals surface area contributed by atoms with Gasteiger partial charge in [0.25, 0.3) is 5.91 Å². The summed E-state index contributed by atoms with van der Waals surface area (Å²) in [7, 11) is 0. The Balaban J connectivity index is 1.57. The van der Waals surface area contributed by atoms with Crippen molar-refractivity contribution in [2.24, 2.45) is 5.92 Å². The summed E-state index contributed by atoms with van der Waals surface area (Å²) >= 11 is 0. The molecule has 1 aliphatic heterocycles. The third kappa shape index (κ3) is 5.38. The molecule has 1 aromatic carbocycles. The zero-order valence-electron chi connectivity index (χ0n) is 18.3. The largest absolute Gasteiger partial charge is 0.459 e. The molecule has 2 atom stereocenters. The number of ether oxygens (including phenoxy) is 3. The number of carbonyl (C=O) groups is 2. The smallest absolute Gasteiger partial charge is 0.286 e. The quantitative estimate of drug-likeness (QED) is 0.549. The van der Waals surface area contributed by atoms with Crippen LogP contribution in [0.5, 0.6) is 0 Å². The monoisotopic (exact) mass is 442 g/mol. The molecule has 2 heterocycles. The normalized spacial score (nSPS) is 20.6.